The molecule has 1 aromatic rings. The predicted octanol–water partition coefficient (Wildman–Crippen LogP) is 2.87. The molecule has 0 aliphatic rings. The Morgan fingerprint density at radius 3 is 2.74 bits per heavy atom. The van der Waals surface area contributed by atoms with Crippen LogP contribution in [0.2, 0.25) is 0 Å². The zero-order chi connectivity index (χ0) is 14.5. The molecule has 0 aliphatic carbocycles. The minimum atomic E-state index is -0.597. The van der Waals surface area contributed by atoms with Gasteiger partial charge in [0.2, 0.25) is 0 Å². The maximum atomic E-state index is 11.7. The standard InChI is InChI=1S/C14H18N2O3/c1-14(2,3)19-13(18)16-12(7-8-15)10-5-4-6-11(17)9-10/h4-6,9,12,17H,7H2,1-3H3,(H,16,18)/t12-/m1/s1. The molecule has 1 amide bonds. The number of aromatic hydroxyl groups is 1. The second-order valence-corrected chi connectivity index (χ2v) is 5.16. The predicted molar refractivity (Wildman–Crippen MR) is 70.4 cm³/mol. The number of nitrogens with one attached hydrogen (secondary N) is 1. The molecule has 5 nitrogen and oxygen atoms in total. The minimum Gasteiger partial charge on any atom is -0.508 e. The van der Waals surface area contributed by atoms with Gasteiger partial charge in [-0.25, -0.2) is 4.79 Å². The average Bonchev–Trinajstić information content (AvgIpc) is 2.26. The average molecular weight is 262 g/mol. The van der Waals surface area contributed by atoms with E-state index in [9.17, 15) is 9.90 Å². The van der Waals surface area contributed by atoms with E-state index in [2.05, 4.69) is 5.32 Å². The summed E-state index contributed by atoms with van der Waals surface area (Å²) in [6, 6.07) is 7.93. The summed E-state index contributed by atoms with van der Waals surface area (Å²) in [6.45, 7) is 5.29. The highest BCUT2D eigenvalue weighted by atomic mass is 16.6. The zero-order valence-corrected chi connectivity index (χ0v) is 11.3. The van der Waals surface area contributed by atoms with Gasteiger partial charge in [0, 0.05) is 0 Å². The lowest BCUT2D eigenvalue weighted by Crippen LogP contribution is -2.34. The van der Waals surface area contributed by atoms with Crippen molar-refractivity contribution in [2.45, 2.75) is 38.8 Å². The molecule has 0 unspecified atom stereocenters. The first-order chi connectivity index (χ1) is 8.81. The summed E-state index contributed by atoms with van der Waals surface area (Å²) in [4.78, 5) is 11.7. The van der Waals surface area contributed by atoms with E-state index >= 15 is 0 Å². The summed E-state index contributed by atoms with van der Waals surface area (Å²) in [5.74, 6) is 0.0893. The number of carbonyl (C=O) groups is 1. The molecule has 1 atom stereocenters. The van der Waals surface area contributed by atoms with E-state index in [0.717, 1.165) is 0 Å². The van der Waals surface area contributed by atoms with E-state index in [0.29, 0.717) is 5.56 Å². The fourth-order valence-corrected chi connectivity index (χ4v) is 1.53. The first-order valence-electron chi connectivity index (χ1n) is 5.97. The van der Waals surface area contributed by atoms with E-state index in [-0.39, 0.29) is 12.2 Å². The van der Waals surface area contributed by atoms with Gasteiger partial charge in [-0.3, -0.25) is 0 Å². The molecular weight excluding hydrogens is 244 g/mol. The van der Waals surface area contributed by atoms with Crippen molar-refractivity contribution < 1.29 is 14.6 Å². The van der Waals surface area contributed by atoms with Crippen molar-refractivity contribution in [2.24, 2.45) is 0 Å². The van der Waals surface area contributed by atoms with Gasteiger partial charge in [-0.15, -0.1) is 0 Å². The molecule has 0 spiro atoms. The van der Waals surface area contributed by atoms with Crippen LogP contribution in [0.4, 0.5) is 4.79 Å². The van der Waals surface area contributed by atoms with Gasteiger partial charge in [-0.1, -0.05) is 12.1 Å². The molecule has 1 aromatic carbocycles. The molecular formula is C14H18N2O3. The van der Waals surface area contributed by atoms with Crippen LogP contribution in [-0.2, 0) is 4.74 Å². The molecule has 1 rings (SSSR count). The SMILES string of the molecule is CC(C)(C)OC(=O)N[C@H](CC#N)c1cccc(O)c1. The van der Waals surface area contributed by atoms with E-state index in [1.165, 1.54) is 12.1 Å². The summed E-state index contributed by atoms with van der Waals surface area (Å²) in [5.41, 5.74) is 0.0625. The Bertz CT molecular complexity index is 486. The fourth-order valence-electron chi connectivity index (χ4n) is 1.53. The Morgan fingerprint density at radius 1 is 1.53 bits per heavy atom. The first kappa shape index (κ1) is 14.8. The normalized spacial score (nSPS) is 12.3. The van der Waals surface area contributed by atoms with Gasteiger partial charge in [0.05, 0.1) is 18.5 Å². The number of alkyl carbamates (subject to hydrolysis) is 1. The summed E-state index contributed by atoms with van der Waals surface area (Å²) in [6.07, 6.45) is -0.487. The third kappa shape index (κ3) is 5.30. The van der Waals surface area contributed by atoms with Crippen LogP contribution in [0, 0.1) is 11.3 Å². The third-order valence-corrected chi connectivity index (χ3v) is 2.26. The van der Waals surface area contributed by atoms with Crippen molar-refractivity contribution in [3.05, 3.63) is 29.8 Å². The van der Waals surface area contributed by atoms with E-state index in [4.69, 9.17) is 10.00 Å². The lowest BCUT2D eigenvalue weighted by Gasteiger charge is -2.22. The van der Waals surface area contributed by atoms with Crippen molar-refractivity contribution >= 4 is 6.09 Å². The smallest absolute Gasteiger partial charge is 0.408 e. The number of carbonyl (C=O) groups excluding carboxylic acids is 1. The van der Waals surface area contributed by atoms with Crippen LogP contribution in [0.5, 0.6) is 5.75 Å². The summed E-state index contributed by atoms with van der Waals surface area (Å²) >= 11 is 0. The first-order valence-corrected chi connectivity index (χ1v) is 5.97. The van der Waals surface area contributed by atoms with Crippen LogP contribution in [0.1, 0.15) is 38.8 Å². The maximum absolute atomic E-state index is 11.7. The van der Waals surface area contributed by atoms with Gasteiger partial charge >= 0.3 is 6.09 Å². The number of rotatable bonds is 3. The molecule has 0 heterocycles. The molecule has 0 fully saturated rings. The molecule has 19 heavy (non-hydrogen) atoms. The highest BCUT2D eigenvalue weighted by Crippen LogP contribution is 2.21. The number of hydrogen-bond acceptors (Lipinski definition) is 4. The Labute approximate surface area is 112 Å². The van der Waals surface area contributed by atoms with E-state index in [1.54, 1.807) is 32.9 Å². The molecule has 5 heteroatoms. The molecule has 0 saturated carbocycles. The van der Waals surface area contributed by atoms with Crippen LogP contribution < -0.4 is 5.32 Å². The molecule has 0 aliphatic heterocycles. The number of phenols is 1. The van der Waals surface area contributed by atoms with Crippen molar-refractivity contribution in [2.75, 3.05) is 0 Å². The van der Waals surface area contributed by atoms with E-state index in [1.807, 2.05) is 6.07 Å². The number of hydrogen-bond donors (Lipinski definition) is 2. The van der Waals surface area contributed by atoms with Gasteiger partial charge in [0.15, 0.2) is 0 Å². The quantitative estimate of drug-likeness (QED) is 0.877. The summed E-state index contributed by atoms with van der Waals surface area (Å²) in [7, 11) is 0. The number of ether oxygens (including phenoxy) is 1. The molecule has 0 saturated heterocycles. The molecule has 102 valence electrons. The van der Waals surface area contributed by atoms with Crippen LogP contribution in [0.25, 0.3) is 0 Å². The Kier molecular flexibility index (Phi) is 4.76. The number of benzene rings is 1. The Balaban J connectivity index is 2.79. The highest BCUT2D eigenvalue weighted by Gasteiger charge is 2.20. The number of nitrogens with zero attached hydrogens (tertiary/aromatic N) is 1. The zero-order valence-electron chi connectivity index (χ0n) is 11.3. The van der Waals surface area contributed by atoms with Crippen molar-refractivity contribution in [3.63, 3.8) is 0 Å². The van der Waals surface area contributed by atoms with Crippen LogP contribution in [0.15, 0.2) is 24.3 Å². The Morgan fingerprint density at radius 2 is 2.21 bits per heavy atom. The maximum Gasteiger partial charge on any atom is 0.408 e. The van der Waals surface area contributed by atoms with Crippen molar-refractivity contribution in [1.29, 1.82) is 5.26 Å². The van der Waals surface area contributed by atoms with Gasteiger partial charge < -0.3 is 15.2 Å². The second kappa shape index (κ2) is 6.10. The number of nitriles is 1. The fraction of sp³-hybridized carbons (Fsp3) is 0.429. The van der Waals surface area contributed by atoms with Gasteiger partial charge in [-0.05, 0) is 38.5 Å². The molecule has 0 bridgehead atoms. The lowest BCUT2D eigenvalue weighted by molar-refractivity contribution is 0.0504. The molecule has 0 aromatic heterocycles. The van der Waals surface area contributed by atoms with Crippen molar-refractivity contribution in [3.8, 4) is 11.8 Å². The topological polar surface area (TPSA) is 82.3 Å². The second-order valence-electron chi connectivity index (χ2n) is 5.16. The van der Waals surface area contributed by atoms with Crippen LogP contribution in [-0.4, -0.2) is 16.8 Å². The third-order valence-electron chi connectivity index (χ3n) is 2.26. The Hall–Kier alpha value is -2.22. The van der Waals surface area contributed by atoms with Gasteiger partial charge in [0.1, 0.15) is 11.4 Å². The largest absolute Gasteiger partial charge is 0.508 e. The monoisotopic (exact) mass is 262 g/mol. The number of amides is 1. The van der Waals surface area contributed by atoms with Crippen molar-refractivity contribution in [1.82, 2.24) is 5.32 Å². The molecule has 0 radical (unpaired) electrons. The van der Waals surface area contributed by atoms with Gasteiger partial charge in [-0.2, -0.15) is 5.26 Å². The van der Waals surface area contributed by atoms with E-state index < -0.39 is 17.7 Å². The van der Waals surface area contributed by atoms with Gasteiger partial charge in [0.25, 0.3) is 0 Å². The van der Waals surface area contributed by atoms with Crippen LogP contribution >= 0.6 is 0 Å². The summed E-state index contributed by atoms with van der Waals surface area (Å²) in [5, 5.41) is 20.9. The minimum absolute atomic E-state index is 0.0893. The van der Waals surface area contributed by atoms with Crippen LogP contribution in [0.3, 0.4) is 0 Å². The lowest BCUT2D eigenvalue weighted by atomic mass is 10.0. The summed E-state index contributed by atoms with van der Waals surface area (Å²) < 4.78 is 5.14. The molecule has 2 N–H and O–H groups in total. The number of phenolic OH excluding ortho intramolecular Hbond substituents is 1. The highest BCUT2D eigenvalue weighted by molar-refractivity contribution is 5.68.